The lowest BCUT2D eigenvalue weighted by Crippen LogP contribution is -2.29. The van der Waals surface area contributed by atoms with Crippen molar-refractivity contribution in [1.29, 1.82) is 0 Å². The van der Waals surface area contributed by atoms with Crippen LogP contribution in [0.4, 0.5) is 4.79 Å². The molecule has 0 fully saturated rings. The zero-order valence-electron chi connectivity index (χ0n) is 13.3. The normalized spacial score (nSPS) is 11.6. The highest BCUT2D eigenvalue weighted by atomic mass is 16.5. The van der Waals surface area contributed by atoms with Gasteiger partial charge in [-0.1, -0.05) is 42.5 Å². The number of alkyl carbamates (subject to hydrolysis) is 1. The lowest BCUT2D eigenvalue weighted by Gasteiger charge is -2.17. The van der Waals surface area contributed by atoms with E-state index in [0.717, 1.165) is 16.9 Å². The van der Waals surface area contributed by atoms with E-state index in [0.29, 0.717) is 6.54 Å². The molecule has 0 spiro atoms. The van der Waals surface area contributed by atoms with Crippen LogP contribution in [0.3, 0.4) is 0 Å². The Morgan fingerprint density at radius 3 is 2.35 bits per heavy atom. The summed E-state index contributed by atoms with van der Waals surface area (Å²) in [4.78, 5) is 11.8. The Hall–Kier alpha value is -2.53. The average Bonchev–Trinajstić information content (AvgIpc) is 2.62. The second-order valence-corrected chi connectivity index (χ2v) is 4.94. The number of amides is 1. The van der Waals surface area contributed by atoms with Crippen molar-refractivity contribution >= 4 is 6.09 Å². The van der Waals surface area contributed by atoms with Crippen molar-refractivity contribution in [2.75, 3.05) is 20.8 Å². The van der Waals surface area contributed by atoms with Crippen molar-refractivity contribution in [1.82, 2.24) is 5.32 Å². The Balaban J connectivity index is 1.81. The molecule has 23 heavy (non-hydrogen) atoms. The molecule has 0 aromatic heterocycles. The third-order valence-corrected chi connectivity index (χ3v) is 3.42. The highest BCUT2D eigenvalue weighted by Crippen LogP contribution is 2.19. The molecule has 1 atom stereocenters. The first kappa shape index (κ1) is 16.8. The van der Waals surface area contributed by atoms with Crippen molar-refractivity contribution in [2.24, 2.45) is 0 Å². The van der Waals surface area contributed by atoms with Crippen LogP contribution in [0.1, 0.15) is 17.2 Å². The second-order valence-electron chi connectivity index (χ2n) is 4.94. The van der Waals surface area contributed by atoms with Gasteiger partial charge in [0.1, 0.15) is 12.4 Å². The minimum Gasteiger partial charge on any atom is -0.497 e. The van der Waals surface area contributed by atoms with Crippen LogP contribution >= 0.6 is 0 Å². The minimum atomic E-state index is -0.468. The van der Waals surface area contributed by atoms with E-state index in [2.05, 4.69) is 5.32 Å². The monoisotopic (exact) mass is 315 g/mol. The quantitative estimate of drug-likeness (QED) is 0.851. The maximum absolute atomic E-state index is 11.8. The molecule has 2 rings (SSSR count). The standard InChI is InChI=1S/C18H21NO4/c1-21-16-10-8-15(9-11-16)17(22-2)12-19-18(20)23-13-14-6-4-3-5-7-14/h3-11,17H,12-13H2,1-2H3,(H,19,20). The summed E-state index contributed by atoms with van der Waals surface area (Å²) in [6.45, 7) is 0.573. The SMILES string of the molecule is COc1ccc(C(CNC(=O)OCc2ccccc2)OC)cc1. The molecule has 1 amide bonds. The molecule has 5 nitrogen and oxygen atoms in total. The minimum absolute atomic E-state index is 0.243. The number of hydrogen-bond acceptors (Lipinski definition) is 4. The Kier molecular flexibility index (Phi) is 6.44. The molecule has 0 aliphatic rings. The fourth-order valence-corrected chi connectivity index (χ4v) is 2.11. The molecule has 2 aromatic rings. The predicted molar refractivity (Wildman–Crippen MR) is 87.4 cm³/mol. The van der Waals surface area contributed by atoms with Gasteiger partial charge in [-0.3, -0.25) is 0 Å². The molecule has 1 unspecified atom stereocenters. The molecule has 0 radical (unpaired) electrons. The van der Waals surface area contributed by atoms with E-state index in [9.17, 15) is 4.79 Å². The lowest BCUT2D eigenvalue weighted by atomic mass is 10.1. The number of hydrogen-bond donors (Lipinski definition) is 1. The first-order valence-corrected chi connectivity index (χ1v) is 7.34. The second kappa shape index (κ2) is 8.80. The fourth-order valence-electron chi connectivity index (χ4n) is 2.11. The molecule has 1 N–H and O–H groups in total. The Bertz CT molecular complexity index is 598. The summed E-state index contributed by atoms with van der Waals surface area (Å²) in [7, 11) is 3.22. The maximum Gasteiger partial charge on any atom is 0.407 e. The molecule has 5 heteroatoms. The van der Waals surface area contributed by atoms with Crippen molar-refractivity contribution in [2.45, 2.75) is 12.7 Å². The molecule has 2 aromatic carbocycles. The maximum atomic E-state index is 11.8. The molecule has 0 saturated carbocycles. The van der Waals surface area contributed by atoms with E-state index in [1.54, 1.807) is 14.2 Å². The van der Waals surface area contributed by atoms with Gasteiger partial charge in [0.2, 0.25) is 0 Å². The molecule has 122 valence electrons. The number of ether oxygens (including phenoxy) is 3. The predicted octanol–water partition coefficient (Wildman–Crippen LogP) is 3.31. The Labute approximate surface area is 136 Å². The Morgan fingerprint density at radius 1 is 1.04 bits per heavy atom. The number of rotatable bonds is 7. The number of carbonyl (C=O) groups is 1. The van der Waals surface area contributed by atoms with Crippen molar-refractivity contribution < 1.29 is 19.0 Å². The zero-order chi connectivity index (χ0) is 16.5. The van der Waals surface area contributed by atoms with Gasteiger partial charge >= 0.3 is 6.09 Å². The molecule has 0 aliphatic heterocycles. The summed E-state index contributed by atoms with van der Waals surface area (Å²) < 4.78 is 15.7. The van der Waals surface area contributed by atoms with Gasteiger partial charge < -0.3 is 19.5 Å². The molecule has 0 bridgehead atoms. The van der Waals surface area contributed by atoms with E-state index in [-0.39, 0.29) is 12.7 Å². The van der Waals surface area contributed by atoms with Crippen molar-refractivity contribution in [3.05, 3.63) is 65.7 Å². The highest BCUT2D eigenvalue weighted by Gasteiger charge is 2.12. The van der Waals surface area contributed by atoms with Gasteiger partial charge in [0.05, 0.1) is 19.8 Å². The van der Waals surface area contributed by atoms with Crippen LogP contribution in [0, 0.1) is 0 Å². The first-order chi connectivity index (χ1) is 11.2. The summed E-state index contributed by atoms with van der Waals surface area (Å²) >= 11 is 0. The number of methoxy groups -OCH3 is 2. The average molecular weight is 315 g/mol. The van der Waals surface area contributed by atoms with Crippen LogP contribution in [0.5, 0.6) is 5.75 Å². The highest BCUT2D eigenvalue weighted by molar-refractivity contribution is 5.67. The third kappa shape index (κ3) is 5.30. The van der Waals surface area contributed by atoms with Gasteiger partial charge in [-0.2, -0.15) is 0 Å². The number of carbonyl (C=O) groups excluding carboxylic acids is 1. The third-order valence-electron chi connectivity index (χ3n) is 3.42. The van der Waals surface area contributed by atoms with Crippen LogP contribution < -0.4 is 10.1 Å². The van der Waals surface area contributed by atoms with Crippen LogP contribution in [0.25, 0.3) is 0 Å². The summed E-state index contributed by atoms with van der Waals surface area (Å²) in [5.74, 6) is 0.777. The van der Waals surface area contributed by atoms with Crippen LogP contribution in [-0.4, -0.2) is 26.9 Å². The van der Waals surface area contributed by atoms with E-state index in [1.807, 2.05) is 54.6 Å². The van der Waals surface area contributed by atoms with Gasteiger partial charge in [-0.15, -0.1) is 0 Å². The topological polar surface area (TPSA) is 56.8 Å². The fraction of sp³-hybridized carbons (Fsp3) is 0.278. The molecule has 0 aliphatic carbocycles. The largest absolute Gasteiger partial charge is 0.497 e. The molecule has 0 saturated heterocycles. The van der Waals surface area contributed by atoms with Crippen LogP contribution in [-0.2, 0) is 16.1 Å². The van der Waals surface area contributed by atoms with Gasteiger partial charge in [-0.25, -0.2) is 4.79 Å². The lowest BCUT2D eigenvalue weighted by molar-refractivity contribution is 0.0931. The number of nitrogens with one attached hydrogen (secondary N) is 1. The van der Waals surface area contributed by atoms with E-state index in [1.165, 1.54) is 0 Å². The van der Waals surface area contributed by atoms with E-state index in [4.69, 9.17) is 14.2 Å². The summed E-state index contributed by atoms with van der Waals surface area (Å²) in [6, 6.07) is 17.1. The van der Waals surface area contributed by atoms with Gasteiger partial charge in [0, 0.05) is 7.11 Å². The molecular formula is C18H21NO4. The molecule has 0 heterocycles. The van der Waals surface area contributed by atoms with Crippen molar-refractivity contribution in [3.63, 3.8) is 0 Å². The smallest absolute Gasteiger partial charge is 0.407 e. The number of benzene rings is 2. The van der Waals surface area contributed by atoms with Crippen LogP contribution in [0.15, 0.2) is 54.6 Å². The van der Waals surface area contributed by atoms with Gasteiger partial charge in [-0.05, 0) is 23.3 Å². The van der Waals surface area contributed by atoms with Gasteiger partial charge in [0.25, 0.3) is 0 Å². The zero-order valence-corrected chi connectivity index (χ0v) is 13.3. The summed E-state index contributed by atoms with van der Waals surface area (Å²) in [5, 5.41) is 2.71. The van der Waals surface area contributed by atoms with Gasteiger partial charge in [0.15, 0.2) is 0 Å². The Morgan fingerprint density at radius 2 is 1.74 bits per heavy atom. The van der Waals surface area contributed by atoms with Crippen LogP contribution in [0.2, 0.25) is 0 Å². The summed E-state index contributed by atoms with van der Waals surface area (Å²) in [5.41, 5.74) is 1.90. The van der Waals surface area contributed by atoms with E-state index < -0.39 is 6.09 Å². The van der Waals surface area contributed by atoms with E-state index >= 15 is 0 Å². The van der Waals surface area contributed by atoms with Crippen molar-refractivity contribution in [3.8, 4) is 5.75 Å². The molecular weight excluding hydrogens is 294 g/mol. The first-order valence-electron chi connectivity index (χ1n) is 7.34. The summed E-state index contributed by atoms with van der Waals surface area (Å²) in [6.07, 6.45) is -0.713.